The van der Waals surface area contributed by atoms with Crippen LogP contribution < -0.4 is 0 Å². The van der Waals surface area contributed by atoms with Gasteiger partial charge in [0.2, 0.25) is 0 Å². The number of phenolic OH excluding ortho intramolecular Hbond substituents is 2. The molecule has 2 aliphatic heterocycles. The lowest BCUT2D eigenvalue weighted by atomic mass is 9.80. The molecule has 178 valence electrons. The Labute approximate surface area is 188 Å². The molecule has 0 radical (unpaired) electrons. The van der Waals surface area contributed by atoms with Crippen molar-refractivity contribution in [3.05, 3.63) is 22.8 Å². The fraction of sp³-hybridized carbons (Fsp3) is 0.667. The van der Waals surface area contributed by atoms with Gasteiger partial charge in [-0.2, -0.15) is 0 Å². The number of aromatic hydroxyl groups is 2. The Kier molecular flexibility index (Phi) is 7.29. The number of rotatable bonds is 9. The third kappa shape index (κ3) is 4.17. The average Bonchev–Trinajstić information content (AvgIpc) is 3.48. The van der Waals surface area contributed by atoms with Crippen LogP contribution in [-0.4, -0.2) is 62.7 Å². The topological polar surface area (TPSA) is 137 Å². The normalized spacial score (nSPS) is 30.5. The predicted molar refractivity (Wildman–Crippen MR) is 116 cm³/mol. The minimum absolute atomic E-state index is 0.0685. The number of carbonyl (C=O) groups is 2. The van der Waals surface area contributed by atoms with E-state index in [0.717, 1.165) is 0 Å². The number of aliphatic hydroxyl groups excluding tert-OH is 2. The van der Waals surface area contributed by atoms with E-state index in [1.54, 1.807) is 0 Å². The Bertz CT molecular complexity index is 852. The lowest BCUT2D eigenvalue weighted by molar-refractivity contribution is -0.239. The van der Waals surface area contributed by atoms with Gasteiger partial charge < -0.3 is 29.9 Å². The van der Waals surface area contributed by atoms with E-state index >= 15 is 0 Å². The van der Waals surface area contributed by atoms with Crippen molar-refractivity contribution < 1.29 is 39.5 Å². The zero-order valence-corrected chi connectivity index (χ0v) is 19.1. The van der Waals surface area contributed by atoms with Crippen molar-refractivity contribution in [1.82, 2.24) is 0 Å². The van der Waals surface area contributed by atoms with E-state index in [1.807, 2.05) is 27.7 Å². The van der Waals surface area contributed by atoms with Gasteiger partial charge in [0, 0.05) is 12.3 Å². The largest absolute Gasteiger partial charge is 0.507 e. The first-order valence-corrected chi connectivity index (χ1v) is 11.4. The molecular formula is C24H34O8. The molecule has 0 saturated carbocycles. The van der Waals surface area contributed by atoms with Crippen LogP contribution in [0, 0.1) is 11.8 Å². The summed E-state index contributed by atoms with van der Waals surface area (Å²) in [6, 6.07) is 1.43. The maximum Gasteiger partial charge on any atom is 0.189 e. The first-order valence-electron chi connectivity index (χ1n) is 11.4. The van der Waals surface area contributed by atoms with Crippen LogP contribution in [0.5, 0.6) is 11.5 Å². The van der Waals surface area contributed by atoms with Crippen LogP contribution in [0.25, 0.3) is 0 Å². The van der Waals surface area contributed by atoms with E-state index in [2.05, 4.69) is 0 Å². The number of hydrogen-bond acceptors (Lipinski definition) is 8. The number of carbonyl (C=O) groups excluding carboxylic acids is 2. The number of Topliss-reactive ketones (excluding diaryl/α,β-unsaturated/α-hetero) is 1. The minimum atomic E-state index is -1.37. The summed E-state index contributed by atoms with van der Waals surface area (Å²) >= 11 is 0. The summed E-state index contributed by atoms with van der Waals surface area (Å²) in [5, 5.41) is 42.3. The predicted octanol–water partition coefficient (Wildman–Crippen LogP) is 2.72. The molecule has 0 bridgehead atoms. The summed E-state index contributed by atoms with van der Waals surface area (Å²) in [7, 11) is 0. The van der Waals surface area contributed by atoms with Crippen LogP contribution >= 0.6 is 0 Å². The molecule has 1 spiro atoms. The third-order valence-electron chi connectivity index (χ3n) is 6.61. The number of ether oxygens (including phenoxy) is 2. The summed E-state index contributed by atoms with van der Waals surface area (Å²) in [5.74, 6) is -1.97. The second kappa shape index (κ2) is 9.47. The molecule has 2 saturated heterocycles. The number of ketones is 1. The van der Waals surface area contributed by atoms with Gasteiger partial charge in [-0.15, -0.1) is 0 Å². The molecule has 1 aromatic rings. The van der Waals surface area contributed by atoms with Crippen molar-refractivity contribution in [2.45, 2.75) is 90.0 Å². The molecule has 3 rings (SSSR count). The van der Waals surface area contributed by atoms with E-state index in [0.29, 0.717) is 37.5 Å². The first kappa shape index (κ1) is 24.6. The summed E-state index contributed by atoms with van der Waals surface area (Å²) in [6.45, 7) is 7.66. The third-order valence-corrected chi connectivity index (χ3v) is 6.61. The number of aliphatic hydroxyl groups is 2. The number of hydrogen-bond donors (Lipinski definition) is 4. The molecule has 0 amide bonds. The highest BCUT2D eigenvalue weighted by atomic mass is 16.7. The van der Waals surface area contributed by atoms with Crippen LogP contribution in [0.2, 0.25) is 0 Å². The fourth-order valence-electron chi connectivity index (χ4n) is 4.91. The molecule has 2 heterocycles. The molecule has 6 atom stereocenters. The Morgan fingerprint density at radius 3 is 2.44 bits per heavy atom. The van der Waals surface area contributed by atoms with Crippen molar-refractivity contribution in [3.8, 4) is 11.5 Å². The molecule has 0 aromatic heterocycles. The van der Waals surface area contributed by atoms with Crippen molar-refractivity contribution in [2.75, 3.05) is 0 Å². The molecule has 8 heteroatoms. The molecule has 2 fully saturated rings. The van der Waals surface area contributed by atoms with Gasteiger partial charge in [-0.3, -0.25) is 9.59 Å². The Morgan fingerprint density at radius 1 is 1.25 bits per heavy atom. The van der Waals surface area contributed by atoms with Crippen LogP contribution in [0.4, 0.5) is 0 Å². The average molecular weight is 451 g/mol. The van der Waals surface area contributed by atoms with Gasteiger partial charge in [0.1, 0.15) is 11.5 Å². The first-order chi connectivity index (χ1) is 15.1. The van der Waals surface area contributed by atoms with Gasteiger partial charge in [-0.1, -0.05) is 34.1 Å². The summed E-state index contributed by atoms with van der Waals surface area (Å²) in [5.41, 5.74) is -1.14. The lowest BCUT2D eigenvalue weighted by Gasteiger charge is -2.39. The molecular weight excluding hydrogens is 416 g/mol. The fourth-order valence-corrected chi connectivity index (χ4v) is 4.91. The summed E-state index contributed by atoms with van der Waals surface area (Å²) < 4.78 is 11.3. The zero-order chi connectivity index (χ0) is 23.8. The van der Waals surface area contributed by atoms with E-state index in [-0.39, 0.29) is 35.3 Å². The summed E-state index contributed by atoms with van der Waals surface area (Å²) in [6.07, 6.45) is -0.969. The molecule has 8 nitrogen and oxygen atoms in total. The second-order valence-corrected chi connectivity index (χ2v) is 9.32. The number of epoxide rings is 1. The number of phenols is 2. The quantitative estimate of drug-likeness (QED) is 0.256. The lowest BCUT2D eigenvalue weighted by Crippen LogP contribution is -2.55. The number of aldehydes is 1. The Balaban J connectivity index is 1.94. The van der Waals surface area contributed by atoms with Gasteiger partial charge in [0.15, 0.2) is 24.0 Å². The maximum absolute atomic E-state index is 13.6. The SMILES string of the molecule is CCCC(C(=O)c1cc(CC(C)C)c(O)c(C=O)c1O)[C@H]1C[C@@H](O)[C@]2(O[C@H]2CC)[C@H](O)O1. The molecule has 2 aliphatic rings. The standard InChI is InChI=1S/C24H34O8/c1-5-7-14(17-10-18(26)24(23(30)31-17)19(6-2)32-24)21(28)15-9-13(8-12(3)4)20(27)16(11-25)22(15)29/h9,11-12,14,17-19,23,26-27,29-30H,5-8,10H2,1-4H3/t14?,17-,18-,19+,23-,24-/m1/s1. The van der Waals surface area contributed by atoms with Crippen LogP contribution in [0.1, 0.15) is 79.7 Å². The summed E-state index contributed by atoms with van der Waals surface area (Å²) in [4.78, 5) is 25.1. The molecule has 4 N–H and O–H groups in total. The highest BCUT2D eigenvalue weighted by molar-refractivity contribution is 6.04. The Hall–Kier alpha value is -2.00. The van der Waals surface area contributed by atoms with Crippen molar-refractivity contribution in [1.29, 1.82) is 0 Å². The highest BCUT2D eigenvalue weighted by Gasteiger charge is 2.68. The van der Waals surface area contributed by atoms with Crippen molar-refractivity contribution in [2.24, 2.45) is 11.8 Å². The van der Waals surface area contributed by atoms with Crippen molar-refractivity contribution >= 4 is 12.1 Å². The number of benzene rings is 1. The van der Waals surface area contributed by atoms with E-state index in [9.17, 15) is 30.0 Å². The van der Waals surface area contributed by atoms with Crippen LogP contribution in [-0.2, 0) is 15.9 Å². The molecule has 1 unspecified atom stereocenters. The zero-order valence-electron chi connectivity index (χ0n) is 19.1. The highest BCUT2D eigenvalue weighted by Crippen LogP contribution is 2.50. The van der Waals surface area contributed by atoms with E-state index in [1.165, 1.54) is 6.07 Å². The van der Waals surface area contributed by atoms with Crippen LogP contribution in [0.3, 0.4) is 0 Å². The smallest absolute Gasteiger partial charge is 0.189 e. The monoisotopic (exact) mass is 450 g/mol. The van der Waals surface area contributed by atoms with E-state index in [4.69, 9.17) is 9.47 Å². The molecule has 32 heavy (non-hydrogen) atoms. The maximum atomic E-state index is 13.6. The van der Waals surface area contributed by atoms with Gasteiger partial charge in [0.05, 0.1) is 29.4 Å². The molecule has 0 aliphatic carbocycles. The molecule has 1 aromatic carbocycles. The Morgan fingerprint density at radius 2 is 1.94 bits per heavy atom. The van der Waals surface area contributed by atoms with Gasteiger partial charge in [0.25, 0.3) is 0 Å². The second-order valence-electron chi connectivity index (χ2n) is 9.32. The van der Waals surface area contributed by atoms with Gasteiger partial charge >= 0.3 is 0 Å². The van der Waals surface area contributed by atoms with Gasteiger partial charge in [-0.25, -0.2) is 0 Å². The van der Waals surface area contributed by atoms with Crippen molar-refractivity contribution in [3.63, 3.8) is 0 Å². The minimum Gasteiger partial charge on any atom is -0.507 e. The van der Waals surface area contributed by atoms with Crippen LogP contribution in [0.15, 0.2) is 6.07 Å². The van der Waals surface area contributed by atoms with Gasteiger partial charge in [-0.05, 0) is 36.8 Å². The van der Waals surface area contributed by atoms with E-state index < -0.39 is 41.5 Å².